The summed E-state index contributed by atoms with van der Waals surface area (Å²) in [6.07, 6.45) is 2.16. The summed E-state index contributed by atoms with van der Waals surface area (Å²) in [5.74, 6) is -9.41. The molecule has 68 heavy (non-hydrogen) atoms. The van der Waals surface area contributed by atoms with E-state index in [0.29, 0.717) is 13.0 Å². The Hall–Kier alpha value is -5.74. The molecule has 0 heterocycles. The van der Waals surface area contributed by atoms with Crippen LogP contribution in [0.4, 0.5) is 0 Å². The van der Waals surface area contributed by atoms with E-state index in [1.54, 1.807) is 55.4 Å². The zero-order chi connectivity index (χ0) is 57.2. The van der Waals surface area contributed by atoms with Crippen molar-refractivity contribution in [3.05, 3.63) is 0 Å². The normalized spacial score (nSPS) is 11.9. The third-order valence-electron chi connectivity index (χ3n) is 6.39. The van der Waals surface area contributed by atoms with Crippen LogP contribution in [0, 0.1) is 23.7 Å². The molecule has 0 aromatic carbocycles. The van der Waals surface area contributed by atoms with Crippen LogP contribution in [0.15, 0.2) is 0 Å². The minimum Gasteiger partial charge on any atom is -0.480 e. The van der Waals surface area contributed by atoms with Crippen LogP contribution in [0.5, 0.6) is 0 Å². The van der Waals surface area contributed by atoms with Gasteiger partial charge in [0.1, 0.15) is 36.3 Å². The highest BCUT2D eigenvalue weighted by molar-refractivity contribution is 5.75. The van der Waals surface area contributed by atoms with E-state index in [2.05, 4.69) is 22.9 Å². The van der Waals surface area contributed by atoms with E-state index in [1.165, 1.54) is 6.92 Å². The van der Waals surface area contributed by atoms with E-state index in [9.17, 15) is 47.9 Å². The molecular weight excluding hydrogens is 918 g/mol. The van der Waals surface area contributed by atoms with Crippen molar-refractivity contribution in [3.8, 4) is 0 Å². The molecule has 408 valence electrons. The van der Waals surface area contributed by atoms with Gasteiger partial charge in [-0.15, -0.1) is 0 Å². The first-order valence-corrected chi connectivity index (χ1v) is 19.9. The molecule has 0 bridgehead atoms. The van der Waals surface area contributed by atoms with E-state index in [4.69, 9.17) is 91.2 Å². The molecule has 0 aromatic rings. The average Bonchev–Trinajstić information content (AvgIpc) is 3.23. The van der Waals surface area contributed by atoms with Gasteiger partial charge < -0.3 is 114 Å². The topological polar surface area (TPSA) is 659 Å². The summed E-state index contributed by atoms with van der Waals surface area (Å²) in [4.78, 5) is 96.7. The fourth-order valence-corrected chi connectivity index (χ4v) is 1.77. The summed E-state index contributed by atoms with van der Waals surface area (Å²) >= 11 is 0. The number of hydrogen-bond acceptors (Lipinski definition) is 21. The van der Waals surface area contributed by atoms with Crippen LogP contribution in [0.1, 0.15) is 81.6 Å². The molecule has 0 amide bonds. The molecule has 32 N–H and O–H groups in total. The standard InChI is InChI=1S/C6H14N2O2.4C5H11NO2.C3H7NO2.4C2H5NO2/c7-4-2-1-3-5(8)6(9)10;4*1-3(2)4(6)5(7)8;1-2(4)3(5)6;4*3-1-2(4)5/h5H,1-4,7-8H2,(H,9,10);4*3-4H,6H2,1-2H3,(H,7,8);2H,4H2,1H3,(H,5,6);4*1,3H2,(H,4,5)/t5-;4*4-;2-;;;;/m000000..../s1. The lowest BCUT2D eigenvalue weighted by atomic mass is 10.1. The molecule has 0 fully saturated rings. The van der Waals surface area contributed by atoms with E-state index < -0.39 is 95.9 Å². The predicted molar refractivity (Wildman–Crippen MR) is 248 cm³/mol. The molecule has 0 aliphatic heterocycles. The molecule has 0 unspecified atom stereocenters. The van der Waals surface area contributed by atoms with Gasteiger partial charge in [0, 0.05) is 0 Å². The van der Waals surface area contributed by atoms with Crippen LogP contribution in [0.25, 0.3) is 0 Å². The third kappa shape index (κ3) is 94.7. The maximum absolute atomic E-state index is 10.1. The van der Waals surface area contributed by atoms with Gasteiger partial charge in [0.15, 0.2) is 0 Å². The zero-order valence-electron chi connectivity index (χ0n) is 40.3. The van der Waals surface area contributed by atoms with Gasteiger partial charge >= 0.3 is 59.7 Å². The first-order chi connectivity index (χ1) is 30.6. The van der Waals surface area contributed by atoms with E-state index >= 15 is 0 Å². The second kappa shape index (κ2) is 57.4. The van der Waals surface area contributed by atoms with Gasteiger partial charge in [-0.25, -0.2) is 0 Å². The van der Waals surface area contributed by atoms with Crippen molar-refractivity contribution in [2.45, 2.75) is 118 Å². The lowest BCUT2D eigenvalue weighted by Gasteiger charge is -2.07. The number of aliphatic carboxylic acids is 10. The van der Waals surface area contributed by atoms with Crippen molar-refractivity contribution in [1.82, 2.24) is 0 Å². The van der Waals surface area contributed by atoms with Crippen LogP contribution in [0.3, 0.4) is 0 Å². The van der Waals surface area contributed by atoms with Crippen LogP contribution in [-0.2, 0) is 47.9 Å². The van der Waals surface area contributed by atoms with Crippen molar-refractivity contribution in [3.63, 3.8) is 0 Å². The third-order valence-corrected chi connectivity index (χ3v) is 6.39. The SMILES string of the molecule is CC(C)[C@H](N)C(=O)O.CC(C)[C@H](N)C(=O)O.CC(C)[C@H](N)C(=O)O.CC(C)[C@H](N)C(=O)O.C[C@H](N)C(=O)O.NCC(=O)O.NCC(=O)O.NCC(=O)O.NCC(=O)O.NCCCC[C@H](N)C(=O)O. The van der Waals surface area contributed by atoms with E-state index in [1.807, 2.05) is 0 Å². The maximum atomic E-state index is 10.1. The Bertz CT molecular complexity index is 1190. The zero-order valence-corrected chi connectivity index (χ0v) is 40.3. The Balaban J connectivity index is -0.0000000693. The molecule has 0 radical (unpaired) electrons. The van der Waals surface area contributed by atoms with Crippen LogP contribution < -0.4 is 63.1 Å². The highest BCUT2D eigenvalue weighted by atomic mass is 16.4. The second-order valence-corrected chi connectivity index (χ2v) is 14.2. The number of carbonyl (C=O) groups is 10. The van der Waals surface area contributed by atoms with Crippen molar-refractivity contribution < 1.29 is 99.0 Å². The molecule has 0 rings (SSSR count). The first-order valence-electron chi connectivity index (χ1n) is 19.9. The minimum absolute atomic E-state index is 0.0208. The molecule has 0 aliphatic carbocycles. The lowest BCUT2D eigenvalue weighted by Crippen LogP contribution is -2.34. The number of carboxylic acid groups (broad SMARTS) is 10. The Kier molecular flexibility index (Phi) is 72.2. The molecule has 0 aromatic heterocycles. The van der Waals surface area contributed by atoms with E-state index in [0.717, 1.165) is 12.8 Å². The van der Waals surface area contributed by atoms with Gasteiger partial charge in [0.05, 0.1) is 26.2 Å². The summed E-state index contributed by atoms with van der Waals surface area (Å²) in [6.45, 7) is 15.1. The fraction of sp³-hybridized carbons (Fsp3) is 0.730. The first kappa shape index (κ1) is 85.6. The fourth-order valence-electron chi connectivity index (χ4n) is 1.77. The van der Waals surface area contributed by atoms with Crippen LogP contribution >= 0.6 is 0 Å². The van der Waals surface area contributed by atoms with Crippen molar-refractivity contribution in [2.24, 2.45) is 86.7 Å². The number of hydrogen-bond donors (Lipinski definition) is 21. The van der Waals surface area contributed by atoms with Crippen LogP contribution in [-0.4, -0.2) is 180 Å². The Morgan fingerprint density at radius 1 is 0.324 bits per heavy atom. The molecule has 0 spiro atoms. The maximum Gasteiger partial charge on any atom is 0.320 e. The highest BCUT2D eigenvalue weighted by Gasteiger charge is 2.16. The Labute approximate surface area is 395 Å². The number of nitrogens with two attached hydrogens (primary N) is 11. The van der Waals surface area contributed by atoms with Gasteiger partial charge in [-0.1, -0.05) is 61.8 Å². The molecular formula is C37H85N11O20. The van der Waals surface area contributed by atoms with Crippen molar-refractivity contribution in [2.75, 3.05) is 32.7 Å². The van der Waals surface area contributed by atoms with Gasteiger partial charge in [-0.05, 0) is 50.0 Å². The highest BCUT2D eigenvalue weighted by Crippen LogP contribution is 1.99. The smallest absolute Gasteiger partial charge is 0.320 e. The molecule has 0 saturated carbocycles. The number of unbranched alkanes of at least 4 members (excludes halogenated alkanes) is 1. The van der Waals surface area contributed by atoms with Gasteiger partial charge in [-0.2, -0.15) is 0 Å². The van der Waals surface area contributed by atoms with Gasteiger partial charge in [0.25, 0.3) is 0 Å². The Morgan fingerprint density at radius 3 is 0.544 bits per heavy atom. The lowest BCUT2D eigenvalue weighted by molar-refractivity contribution is -0.140. The quantitative estimate of drug-likeness (QED) is 0.0574. The monoisotopic (exact) mass is 1000 g/mol. The summed E-state index contributed by atoms with van der Waals surface area (Å²) in [6, 6.07) is -4.30. The largest absolute Gasteiger partial charge is 0.480 e. The van der Waals surface area contributed by atoms with Gasteiger partial charge in [-0.3, -0.25) is 47.9 Å². The minimum atomic E-state index is -0.968. The summed E-state index contributed by atoms with van der Waals surface area (Å²) < 4.78 is 0. The summed E-state index contributed by atoms with van der Waals surface area (Å²) in [5, 5.41) is 79.5. The molecule has 31 heteroatoms. The number of carboxylic acids is 10. The average molecular weight is 1000 g/mol. The molecule has 0 saturated heterocycles. The Morgan fingerprint density at radius 2 is 0.485 bits per heavy atom. The van der Waals surface area contributed by atoms with Crippen LogP contribution in [0.2, 0.25) is 0 Å². The predicted octanol–water partition coefficient (Wildman–Crippen LogP) is -4.72. The number of rotatable bonds is 18. The second-order valence-electron chi connectivity index (χ2n) is 14.2. The molecule has 31 nitrogen and oxygen atoms in total. The van der Waals surface area contributed by atoms with Crippen molar-refractivity contribution in [1.29, 1.82) is 0 Å². The molecule has 6 atom stereocenters. The van der Waals surface area contributed by atoms with Gasteiger partial charge in [0.2, 0.25) is 0 Å². The molecule has 0 aliphatic rings. The summed E-state index contributed by atoms with van der Waals surface area (Å²) in [7, 11) is 0. The van der Waals surface area contributed by atoms with Crippen molar-refractivity contribution >= 4 is 59.7 Å². The summed E-state index contributed by atoms with van der Waals surface area (Å²) in [5.41, 5.74) is 54.2. The van der Waals surface area contributed by atoms with E-state index in [-0.39, 0.29) is 49.9 Å².